The lowest BCUT2D eigenvalue weighted by Crippen LogP contribution is -2.33. The lowest BCUT2D eigenvalue weighted by atomic mass is 9.88. The van der Waals surface area contributed by atoms with Crippen molar-refractivity contribution >= 4 is 5.97 Å². The summed E-state index contributed by atoms with van der Waals surface area (Å²) >= 11 is 0. The molecule has 0 aliphatic carbocycles. The Morgan fingerprint density at radius 2 is 2.32 bits per heavy atom. The zero-order valence-corrected chi connectivity index (χ0v) is 10.8. The van der Waals surface area contributed by atoms with Gasteiger partial charge in [0, 0.05) is 0 Å². The molecule has 0 saturated heterocycles. The molecule has 0 radical (unpaired) electrons. The first-order valence-electron chi connectivity index (χ1n) is 5.86. The van der Waals surface area contributed by atoms with Gasteiger partial charge in [-0.2, -0.15) is 5.10 Å². The molecule has 2 aromatic heterocycles. The van der Waals surface area contributed by atoms with Crippen LogP contribution in [0.2, 0.25) is 0 Å². The molecule has 0 spiro atoms. The third-order valence-corrected chi connectivity index (χ3v) is 3.17. The fourth-order valence-corrected chi connectivity index (χ4v) is 1.58. The Hall–Kier alpha value is -2.32. The maximum atomic E-state index is 11.3. The van der Waals surface area contributed by atoms with Crippen LogP contribution in [0.3, 0.4) is 0 Å². The van der Waals surface area contributed by atoms with E-state index < -0.39 is 11.4 Å². The van der Waals surface area contributed by atoms with E-state index >= 15 is 0 Å². The fourth-order valence-electron chi connectivity index (χ4n) is 1.58. The Bertz CT molecular complexity index is 550. The molecule has 1 atom stereocenters. The highest BCUT2D eigenvalue weighted by Crippen LogP contribution is 2.23. The third-order valence-electron chi connectivity index (χ3n) is 3.17. The van der Waals surface area contributed by atoms with Crippen molar-refractivity contribution in [2.45, 2.75) is 33.4 Å². The molecule has 0 fully saturated rings. The molecule has 19 heavy (non-hydrogen) atoms. The lowest BCUT2D eigenvalue weighted by molar-refractivity contribution is -0.149. The van der Waals surface area contributed by atoms with E-state index in [4.69, 9.17) is 0 Å². The van der Waals surface area contributed by atoms with E-state index in [0.717, 1.165) is 0 Å². The molecule has 0 bridgehead atoms. The van der Waals surface area contributed by atoms with E-state index in [2.05, 4.69) is 25.6 Å². The van der Waals surface area contributed by atoms with Gasteiger partial charge in [-0.3, -0.25) is 4.79 Å². The first-order chi connectivity index (χ1) is 9.05. The summed E-state index contributed by atoms with van der Waals surface area (Å²) in [4.78, 5) is 15.1. The maximum absolute atomic E-state index is 11.3. The second-order valence-electron chi connectivity index (χ2n) is 4.57. The van der Waals surface area contributed by atoms with Gasteiger partial charge >= 0.3 is 5.97 Å². The van der Waals surface area contributed by atoms with Gasteiger partial charge in [0.15, 0.2) is 5.82 Å². The molecule has 9 heteroatoms. The van der Waals surface area contributed by atoms with Gasteiger partial charge in [-0.25, -0.2) is 14.3 Å². The highest BCUT2D eigenvalue weighted by Gasteiger charge is 2.33. The van der Waals surface area contributed by atoms with Crippen LogP contribution in [-0.4, -0.2) is 46.0 Å². The molecule has 0 aromatic carbocycles. The average molecular weight is 265 g/mol. The molecular formula is C10H15N7O2. The van der Waals surface area contributed by atoms with E-state index in [1.165, 1.54) is 11.0 Å². The number of aromatic nitrogens is 7. The highest BCUT2D eigenvalue weighted by molar-refractivity contribution is 5.73. The van der Waals surface area contributed by atoms with Crippen LogP contribution in [0.15, 0.2) is 12.7 Å². The van der Waals surface area contributed by atoms with Gasteiger partial charge in [0.2, 0.25) is 0 Å². The second-order valence-corrected chi connectivity index (χ2v) is 4.57. The Morgan fingerprint density at radius 3 is 2.89 bits per heavy atom. The van der Waals surface area contributed by atoms with Gasteiger partial charge < -0.3 is 5.11 Å². The van der Waals surface area contributed by atoms with E-state index in [1.807, 2.05) is 6.92 Å². The van der Waals surface area contributed by atoms with Gasteiger partial charge in [0.05, 0.1) is 12.0 Å². The highest BCUT2D eigenvalue weighted by atomic mass is 16.4. The van der Waals surface area contributed by atoms with Gasteiger partial charge in [0.25, 0.3) is 0 Å². The standard InChI is InChI=1S/C10H15N7O2/c1-3-10(2,9(18)19)5-17-8(13-14-15-17)4-16-7-11-6-12-16/h6-7H,3-5H2,1-2H3,(H,18,19). The largest absolute Gasteiger partial charge is 0.481 e. The number of aliphatic carboxylic acids is 1. The molecular weight excluding hydrogens is 250 g/mol. The second kappa shape index (κ2) is 5.12. The molecule has 102 valence electrons. The van der Waals surface area contributed by atoms with Crippen molar-refractivity contribution in [2.75, 3.05) is 0 Å². The number of rotatable bonds is 6. The van der Waals surface area contributed by atoms with Crippen molar-refractivity contribution in [1.82, 2.24) is 35.0 Å². The zero-order chi connectivity index (χ0) is 13.9. The van der Waals surface area contributed by atoms with Crippen molar-refractivity contribution in [1.29, 1.82) is 0 Å². The van der Waals surface area contributed by atoms with Crippen molar-refractivity contribution in [2.24, 2.45) is 5.41 Å². The summed E-state index contributed by atoms with van der Waals surface area (Å²) in [6.45, 7) is 4.08. The Morgan fingerprint density at radius 1 is 1.53 bits per heavy atom. The van der Waals surface area contributed by atoms with Crippen molar-refractivity contribution < 1.29 is 9.90 Å². The molecule has 0 saturated carbocycles. The number of nitrogens with zero attached hydrogens (tertiary/aromatic N) is 7. The maximum Gasteiger partial charge on any atom is 0.311 e. The predicted octanol–water partition coefficient (Wildman–Crippen LogP) is -0.186. The van der Waals surface area contributed by atoms with Crippen molar-refractivity contribution in [3.05, 3.63) is 18.5 Å². The normalized spacial score (nSPS) is 14.2. The quantitative estimate of drug-likeness (QED) is 0.770. The first kappa shape index (κ1) is 13.1. The number of carbonyl (C=O) groups is 1. The number of hydrogen-bond donors (Lipinski definition) is 1. The summed E-state index contributed by atoms with van der Waals surface area (Å²) in [7, 11) is 0. The Labute approximate surface area is 109 Å². The minimum Gasteiger partial charge on any atom is -0.481 e. The van der Waals surface area contributed by atoms with Crippen LogP contribution in [0.5, 0.6) is 0 Å². The van der Waals surface area contributed by atoms with E-state index in [-0.39, 0.29) is 6.54 Å². The molecule has 2 rings (SSSR count). The van der Waals surface area contributed by atoms with Crippen molar-refractivity contribution in [3.8, 4) is 0 Å². The summed E-state index contributed by atoms with van der Waals surface area (Å²) in [6, 6.07) is 0. The predicted molar refractivity (Wildman–Crippen MR) is 63.0 cm³/mol. The molecule has 2 heterocycles. The van der Waals surface area contributed by atoms with Gasteiger partial charge in [0.1, 0.15) is 19.2 Å². The fraction of sp³-hybridized carbons (Fsp3) is 0.600. The van der Waals surface area contributed by atoms with Gasteiger partial charge in [-0.05, 0) is 23.8 Å². The molecule has 1 unspecified atom stereocenters. The minimum absolute atomic E-state index is 0.218. The van der Waals surface area contributed by atoms with E-state index in [0.29, 0.717) is 18.8 Å². The zero-order valence-electron chi connectivity index (χ0n) is 10.8. The van der Waals surface area contributed by atoms with Crippen LogP contribution in [0.25, 0.3) is 0 Å². The van der Waals surface area contributed by atoms with Crippen LogP contribution in [0.4, 0.5) is 0 Å². The smallest absolute Gasteiger partial charge is 0.311 e. The average Bonchev–Trinajstić information content (AvgIpc) is 3.02. The molecule has 9 nitrogen and oxygen atoms in total. The van der Waals surface area contributed by atoms with Gasteiger partial charge in [-0.15, -0.1) is 5.10 Å². The summed E-state index contributed by atoms with van der Waals surface area (Å²) in [5.41, 5.74) is -0.896. The van der Waals surface area contributed by atoms with Gasteiger partial charge in [-0.1, -0.05) is 6.92 Å². The molecule has 1 N–H and O–H groups in total. The SMILES string of the molecule is CCC(C)(Cn1nnnc1Cn1cncn1)C(=O)O. The third kappa shape index (κ3) is 2.75. The van der Waals surface area contributed by atoms with Crippen molar-refractivity contribution in [3.63, 3.8) is 0 Å². The molecule has 0 aliphatic rings. The summed E-state index contributed by atoms with van der Waals surface area (Å²) in [5, 5.41) is 24.6. The summed E-state index contributed by atoms with van der Waals surface area (Å²) in [5.74, 6) is -0.316. The number of carboxylic acid groups (broad SMARTS) is 1. The van der Waals surface area contributed by atoms with Crippen LogP contribution in [0.1, 0.15) is 26.1 Å². The van der Waals surface area contributed by atoms with Crippen LogP contribution in [0, 0.1) is 5.41 Å². The van der Waals surface area contributed by atoms with Crippen LogP contribution < -0.4 is 0 Å². The van der Waals surface area contributed by atoms with Crippen LogP contribution >= 0.6 is 0 Å². The Kier molecular flexibility index (Phi) is 3.54. The number of carboxylic acids is 1. The minimum atomic E-state index is -0.896. The molecule has 0 aliphatic heterocycles. The topological polar surface area (TPSA) is 112 Å². The Balaban J connectivity index is 2.18. The summed E-state index contributed by atoms with van der Waals surface area (Å²) < 4.78 is 3.07. The monoisotopic (exact) mass is 265 g/mol. The number of hydrogen-bond acceptors (Lipinski definition) is 6. The summed E-state index contributed by atoms with van der Waals surface area (Å²) in [6.07, 6.45) is 3.46. The lowest BCUT2D eigenvalue weighted by Gasteiger charge is -2.22. The molecule has 2 aromatic rings. The van der Waals surface area contributed by atoms with Crippen LogP contribution in [-0.2, 0) is 17.9 Å². The van der Waals surface area contributed by atoms with E-state index in [9.17, 15) is 9.90 Å². The number of tetrazole rings is 1. The molecule has 0 amide bonds. The van der Waals surface area contributed by atoms with E-state index in [1.54, 1.807) is 17.9 Å². The first-order valence-corrected chi connectivity index (χ1v) is 5.86.